The van der Waals surface area contributed by atoms with E-state index in [1.807, 2.05) is 0 Å². The molecular weight excluding hydrogens is 325 g/mol. The molecule has 1 heterocycles. The van der Waals surface area contributed by atoms with Gasteiger partial charge in [0.05, 0.1) is 28.3 Å². The van der Waals surface area contributed by atoms with E-state index >= 15 is 0 Å². The molecule has 1 aromatic carbocycles. The molecule has 0 aliphatic heterocycles. The van der Waals surface area contributed by atoms with Crippen molar-refractivity contribution in [2.75, 3.05) is 7.11 Å². The molecule has 0 atom stereocenters. The van der Waals surface area contributed by atoms with Crippen LogP contribution in [-0.4, -0.2) is 18.1 Å². The van der Waals surface area contributed by atoms with Crippen molar-refractivity contribution < 1.29 is 9.53 Å². The number of halogens is 3. The highest BCUT2D eigenvalue weighted by molar-refractivity contribution is 6.42. The maximum Gasteiger partial charge on any atom is 0.338 e. The summed E-state index contributed by atoms with van der Waals surface area (Å²) in [6.45, 7) is 0. The number of carbonyl (C=O) groups is 1. The van der Waals surface area contributed by atoms with Gasteiger partial charge in [0.25, 0.3) is 5.56 Å². The molecule has 7 heteroatoms. The van der Waals surface area contributed by atoms with E-state index in [0.29, 0.717) is 5.02 Å². The molecular formula is C13H8Cl3NO3. The van der Waals surface area contributed by atoms with Crippen molar-refractivity contribution in [3.05, 3.63) is 55.4 Å². The Hall–Kier alpha value is -1.49. The predicted octanol–water partition coefficient (Wildman–Crippen LogP) is 3.79. The maximum atomic E-state index is 12.0. The van der Waals surface area contributed by atoms with Gasteiger partial charge >= 0.3 is 5.97 Å². The number of hydrogen-bond donors (Lipinski definition) is 1. The molecule has 0 aliphatic carbocycles. The van der Waals surface area contributed by atoms with Crippen molar-refractivity contribution in [3.63, 3.8) is 0 Å². The number of benzene rings is 1. The number of pyridine rings is 1. The zero-order chi connectivity index (χ0) is 14.9. The molecule has 4 nitrogen and oxygen atoms in total. The first kappa shape index (κ1) is 14.9. The summed E-state index contributed by atoms with van der Waals surface area (Å²) >= 11 is 18.0. The van der Waals surface area contributed by atoms with Crippen LogP contribution in [0.5, 0.6) is 0 Å². The summed E-state index contributed by atoms with van der Waals surface area (Å²) in [5.41, 5.74) is -0.146. The molecule has 0 unspecified atom stereocenters. The normalized spacial score (nSPS) is 10.4. The van der Waals surface area contributed by atoms with Crippen LogP contribution in [0.25, 0.3) is 11.1 Å². The summed E-state index contributed by atoms with van der Waals surface area (Å²) < 4.78 is 4.65. The molecule has 104 valence electrons. The average Bonchev–Trinajstić information content (AvgIpc) is 2.38. The molecule has 20 heavy (non-hydrogen) atoms. The van der Waals surface area contributed by atoms with Gasteiger partial charge in [0.1, 0.15) is 0 Å². The van der Waals surface area contributed by atoms with Gasteiger partial charge in [0, 0.05) is 16.8 Å². The average molecular weight is 333 g/mol. The van der Waals surface area contributed by atoms with Crippen molar-refractivity contribution in [1.82, 2.24) is 4.98 Å². The summed E-state index contributed by atoms with van der Waals surface area (Å²) in [6.07, 6.45) is 1.34. The van der Waals surface area contributed by atoms with Gasteiger partial charge < -0.3 is 9.72 Å². The molecule has 0 saturated carbocycles. The number of rotatable bonds is 2. The van der Waals surface area contributed by atoms with Crippen LogP contribution in [0.2, 0.25) is 15.1 Å². The van der Waals surface area contributed by atoms with E-state index in [1.54, 1.807) is 0 Å². The summed E-state index contributed by atoms with van der Waals surface area (Å²) in [4.78, 5) is 26.3. The van der Waals surface area contributed by atoms with Crippen LogP contribution >= 0.6 is 34.8 Å². The Labute approximate surface area is 129 Å². The predicted molar refractivity (Wildman–Crippen MR) is 78.9 cm³/mol. The number of esters is 1. The van der Waals surface area contributed by atoms with Crippen LogP contribution in [0.15, 0.2) is 29.2 Å². The topological polar surface area (TPSA) is 59.2 Å². The number of carbonyl (C=O) groups excluding carboxylic acids is 1. The van der Waals surface area contributed by atoms with Crippen LogP contribution < -0.4 is 5.56 Å². The lowest BCUT2D eigenvalue weighted by atomic mass is 10.0. The highest BCUT2D eigenvalue weighted by Gasteiger charge is 2.21. The van der Waals surface area contributed by atoms with Crippen molar-refractivity contribution >= 4 is 40.8 Å². The number of methoxy groups -OCH3 is 1. The largest absolute Gasteiger partial charge is 0.465 e. The lowest BCUT2D eigenvalue weighted by Gasteiger charge is -2.10. The fourth-order valence-corrected chi connectivity index (χ4v) is 2.79. The molecule has 0 aliphatic rings. The van der Waals surface area contributed by atoms with E-state index in [-0.39, 0.29) is 26.7 Å². The Bertz CT molecular complexity index is 717. The SMILES string of the molecule is COC(=O)c1cc[nH]c(=O)c1-c1c(Cl)cc(Cl)cc1Cl. The maximum absolute atomic E-state index is 12.0. The van der Waals surface area contributed by atoms with Crippen molar-refractivity contribution in [1.29, 1.82) is 0 Å². The molecule has 0 amide bonds. The molecule has 1 aromatic heterocycles. The molecule has 2 rings (SSSR count). The molecule has 2 aromatic rings. The number of hydrogen-bond acceptors (Lipinski definition) is 3. The van der Waals surface area contributed by atoms with Gasteiger partial charge in [-0.05, 0) is 18.2 Å². The van der Waals surface area contributed by atoms with Crippen molar-refractivity contribution in [2.24, 2.45) is 0 Å². The van der Waals surface area contributed by atoms with Gasteiger partial charge in [0.2, 0.25) is 0 Å². The monoisotopic (exact) mass is 331 g/mol. The molecule has 1 N–H and O–H groups in total. The lowest BCUT2D eigenvalue weighted by molar-refractivity contribution is 0.0601. The number of H-pyrrole nitrogens is 1. The highest BCUT2D eigenvalue weighted by atomic mass is 35.5. The Morgan fingerprint density at radius 1 is 1.15 bits per heavy atom. The summed E-state index contributed by atoms with van der Waals surface area (Å²) in [7, 11) is 1.22. The van der Waals surface area contributed by atoms with Crippen LogP contribution in [0, 0.1) is 0 Å². The minimum Gasteiger partial charge on any atom is -0.465 e. The Morgan fingerprint density at radius 3 is 2.30 bits per heavy atom. The Kier molecular flexibility index (Phi) is 4.38. The van der Waals surface area contributed by atoms with Crippen LogP contribution in [-0.2, 0) is 4.74 Å². The molecule has 0 bridgehead atoms. The molecule has 0 radical (unpaired) electrons. The van der Waals surface area contributed by atoms with Gasteiger partial charge in [-0.1, -0.05) is 34.8 Å². The Balaban J connectivity index is 2.83. The molecule has 0 saturated heterocycles. The summed E-state index contributed by atoms with van der Waals surface area (Å²) in [5.74, 6) is -0.659. The third-order valence-corrected chi connectivity index (χ3v) is 3.44. The minimum atomic E-state index is -0.659. The minimum absolute atomic E-state index is 0.0472. The number of aromatic nitrogens is 1. The quantitative estimate of drug-likeness (QED) is 0.851. The second-order valence-electron chi connectivity index (χ2n) is 3.83. The lowest BCUT2D eigenvalue weighted by Crippen LogP contribution is -2.15. The van der Waals surface area contributed by atoms with E-state index in [2.05, 4.69) is 9.72 Å². The number of aromatic amines is 1. The molecule has 0 spiro atoms. The highest BCUT2D eigenvalue weighted by Crippen LogP contribution is 2.37. The van der Waals surface area contributed by atoms with E-state index in [0.717, 1.165) is 0 Å². The van der Waals surface area contributed by atoms with E-state index in [4.69, 9.17) is 34.8 Å². The zero-order valence-corrected chi connectivity index (χ0v) is 12.4. The van der Waals surface area contributed by atoms with Gasteiger partial charge in [-0.25, -0.2) is 4.79 Å². The van der Waals surface area contributed by atoms with Gasteiger partial charge in [-0.15, -0.1) is 0 Å². The van der Waals surface area contributed by atoms with Crippen LogP contribution in [0.4, 0.5) is 0 Å². The van der Waals surface area contributed by atoms with E-state index < -0.39 is 11.5 Å². The summed E-state index contributed by atoms with van der Waals surface area (Å²) in [5, 5.41) is 0.671. The smallest absolute Gasteiger partial charge is 0.338 e. The fraction of sp³-hybridized carbons (Fsp3) is 0.0769. The molecule has 0 fully saturated rings. The second-order valence-corrected chi connectivity index (χ2v) is 5.08. The van der Waals surface area contributed by atoms with Gasteiger partial charge in [-0.2, -0.15) is 0 Å². The first-order chi connectivity index (χ1) is 9.45. The second kappa shape index (κ2) is 5.87. The third-order valence-electron chi connectivity index (χ3n) is 2.62. The van der Waals surface area contributed by atoms with Gasteiger partial charge in [0.15, 0.2) is 0 Å². The standard InChI is InChI=1S/C13H8Cl3NO3/c1-20-13(19)7-2-3-17-12(18)10(7)11-8(15)4-6(14)5-9(11)16/h2-5H,1H3,(H,17,18). The zero-order valence-electron chi connectivity index (χ0n) is 10.2. The summed E-state index contributed by atoms with van der Waals surface area (Å²) in [6, 6.07) is 4.31. The number of nitrogens with one attached hydrogen (secondary N) is 1. The van der Waals surface area contributed by atoms with E-state index in [9.17, 15) is 9.59 Å². The number of ether oxygens (including phenoxy) is 1. The van der Waals surface area contributed by atoms with Crippen LogP contribution in [0.3, 0.4) is 0 Å². The van der Waals surface area contributed by atoms with Crippen LogP contribution in [0.1, 0.15) is 10.4 Å². The van der Waals surface area contributed by atoms with Crippen molar-refractivity contribution in [3.8, 4) is 11.1 Å². The Morgan fingerprint density at radius 2 is 1.75 bits per heavy atom. The third kappa shape index (κ3) is 2.68. The van der Waals surface area contributed by atoms with Gasteiger partial charge in [-0.3, -0.25) is 4.79 Å². The first-order valence-corrected chi connectivity index (χ1v) is 6.54. The first-order valence-electron chi connectivity index (χ1n) is 5.40. The van der Waals surface area contributed by atoms with Crippen molar-refractivity contribution in [2.45, 2.75) is 0 Å². The fourth-order valence-electron chi connectivity index (χ4n) is 1.79. The van der Waals surface area contributed by atoms with E-state index in [1.165, 1.54) is 31.5 Å².